The predicted octanol–water partition coefficient (Wildman–Crippen LogP) is 4.01. The maximum atomic E-state index is 12.1. The highest BCUT2D eigenvalue weighted by molar-refractivity contribution is 6.80. The van der Waals surface area contributed by atoms with Gasteiger partial charge in [-0.1, -0.05) is 61.7 Å². The molecule has 108 valence electrons. The van der Waals surface area contributed by atoms with Gasteiger partial charge in [0.05, 0.1) is 20.6 Å². The molecule has 0 unspecified atom stereocenters. The van der Waals surface area contributed by atoms with Gasteiger partial charge in [0.25, 0.3) is 0 Å². The Bertz CT molecular complexity index is 487. The van der Waals surface area contributed by atoms with Crippen molar-refractivity contribution in [2.45, 2.75) is 32.5 Å². The van der Waals surface area contributed by atoms with E-state index in [0.717, 1.165) is 0 Å². The molecular formula is C17H24O2Si. The molecule has 2 rings (SSSR count). The van der Waals surface area contributed by atoms with Gasteiger partial charge in [0, 0.05) is 5.92 Å². The lowest BCUT2D eigenvalue weighted by atomic mass is 10.1. The van der Waals surface area contributed by atoms with Crippen molar-refractivity contribution in [3.05, 3.63) is 47.7 Å². The lowest BCUT2D eigenvalue weighted by molar-refractivity contribution is -0.145. The number of carbonyl (C=O) groups excluding carboxylic acids is 1. The summed E-state index contributed by atoms with van der Waals surface area (Å²) in [6.45, 7) is 9.25. The van der Waals surface area contributed by atoms with E-state index in [1.165, 1.54) is 5.56 Å². The monoisotopic (exact) mass is 288 g/mol. The third-order valence-corrected chi connectivity index (χ3v) is 4.83. The molecule has 0 N–H and O–H groups in total. The van der Waals surface area contributed by atoms with Crippen molar-refractivity contribution in [2.75, 3.05) is 6.61 Å². The van der Waals surface area contributed by atoms with Gasteiger partial charge in [0.1, 0.15) is 0 Å². The van der Waals surface area contributed by atoms with Crippen LogP contribution in [-0.2, 0) is 9.53 Å². The maximum absolute atomic E-state index is 12.1. The highest BCUT2D eigenvalue weighted by Crippen LogP contribution is 2.55. The first-order chi connectivity index (χ1) is 9.44. The lowest BCUT2D eigenvalue weighted by Gasteiger charge is -2.07. The zero-order valence-corrected chi connectivity index (χ0v) is 13.8. The first kappa shape index (κ1) is 15.0. The third kappa shape index (κ3) is 3.60. The molecule has 1 saturated carbocycles. The van der Waals surface area contributed by atoms with Gasteiger partial charge < -0.3 is 4.74 Å². The van der Waals surface area contributed by atoms with Crippen LogP contribution in [-0.4, -0.2) is 20.7 Å². The molecule has 1 aromatic rings. The summed E-state index contributed by atoms with van der Waals surface area (Å²) < 4.78 is 5.22. The molecular weight excluding hydrogens is 264 g/mol. The summed E-state index contributed by atoms with van der Waals surface area (Å²) in [6.07, 6.45) is 2.26. The van der Waals surface area contributed by atoms with Crippen molar-refractivity contribution >= 4 is 14.0 Å². The number of carbonyl (C=O) groups is 1. The molecule has 3 atom stereocenters. The molecule has 0 bridgehead atoms. The number of hydrogen-bond acceptors (Lipinski definition) is 2. The van der Waals surface area contributed by atoms with Gasteiger partial charge in [-0.05, 0) is 18.4 Å². The van der Waals surface area contributed by atoms with Crippen LogP contribution in [0.1, 0.15) is 18.4 Å². The van der Waals surface area contributed by atoms with Crippen LogP contribution in [0.4, 0.5) is 0 Å². The normalized spacial score (nSPS) is 25.7. The standard InChI is InChI=1S/C17H24O2Si/c1-5-19-17(18)16-14(11-12-20(2,3)4)15(16)13-9-7-6-8-10-13/h6-12,14-16H,5H2,1-4H3/b12-11+/t14-,15-,16-/m0/s1. The van der Waals surface area contributed by atoms with Crippen LogP contribution in [0, 0.1) is 11.8 Å². The van der Waals surface area contributed by atoms with Crippen LogP contribution in [0.3, 0.4) is 0 Å². The van der Waals surface area contributed by atoms with Gasteiger partial charge in [-0.2, -0.15) is 0 Å². The fourth-order valence-corrected chi connectivity index (χ4v) is 3.42. The van der Waals surface area contributed by atoms with E-state index in [1.807, 2.05) is 25.1 Å². The summed E-state index contributed by atoms with van der Waals surface area (Å²) in [5.74, 6) is 0.558. The number of hydrogen-bond donors (Lipinski definition) is 0. The van der Waals surface area contributed by atoms with Crippen LogP contribution in [0.25, 0.3) is 0 Å². The van der Waals surface area contributed by atoms with E-state index in [2.05, 4.69) is 43.5 Å². The van der Waals surface area contributed by atoms with Crippen molar-refractivity contribution in [3.8, 4) is 0 Å². The average Bonchev–Trinajstić information content (AvgIpc) is 3.11. The van der Waals surface area contributed by atoms with Crippen molar-refractivity contribution in [2.24, 2.45) is 11.8 Å². The van der Waals surface area contributed by atoms with Gasteiger partial charge >= 0.3 is 5.97 Å². The first-order valence-corrected chi connectivity index (χ1v) is 10.9. The summed E-state index contributed by atoms with van der Waals surface area (Å²) in [5, 5.41) is 0. The van der Waals surface area contributed by atoms with Gasteiger partial charge in [0.15, 0.2) is 0 Å². The third-order valence-electron chi connectivity index (χ3n) is 3.64. The maximum Gasteiger partial charge on any atom is 0.310 e. The molecule has 0 saturated heterocycles. The minimum atomic E-state index is -1.23. The molecule has 3 heteroatoms. The molecule has 0 radical (unpaired) electrons. The Labute approximate surface area is 122 Å². The zero-order valence-electron chi connectivity index (χ0n) is 12.8. The Morgan fingerprint density at radius 1 is 1.25 bits per heavy atom. The summed E-state index contributed by atoms with van der Waals surface area (Å²) in [6, 6.07) is 10.3. The van der Waals surface area contributed by atoms with E-state index in [4.69, 9.17) is 4.74 Å². The lowest BCUT2D eigenvalue weighted by Crippen LogP contribution is -2.15. The van der Waals surface area contributed by atoms with Crippen LogP contribution < -0.4 is 0 Å². The quantitative estimate of drug-likeness (QED) is 0.604. The molecule has 0 aliphatic heterocycles. The summed E-state index contributed by atoms with van der Waals surface area (Å²) in [4.78, 5) is 12.1. The average molecular weight is 288 g/mol. The van der Waals surface area contributed by atoms with Gasteiger partial charge in [-0.25, -0.2) is 0 Å². The van der Waals surface area contributed by atoms with E-state index in [0.29, 0.717) is 18.4 Å². The molecule has 1 aliphatic rings. The molecule has 0 spiro atoms. The topological polar surface area (TPSA) is 26.3 Å². The van der Waals surface area contributed by atoms with E-state index in [9.17, 15) is 4.79 Å². The first-order valence-electron chi connectivity index (χ1n) is 7.35. The summed E-state index contributed by atoms with van der Waals surface area (Å²) in [7, 11) is -1.23. The fraction of sp³-hybridized carbons (Fsp3) is 0.471. The Morgan fingerprint density at radius 2 is 1.90 bits per heavy atom. The number of rotatable bonds is 5. The predicted molar refractivity (Wildman–Crippen MR) is 85.3 cm³/mol. The molecule has 2 nitrogen and oxygen atoms in total. The van der Waals surface area contributed by atoms with Gasteiger partial charge in [0.2, 0.25) is 0 Å². The Kier molecular flexibility index (Phi) is 4.48. The molecule has 0 aromatic heterocycles. The van der Waals surface area contributed by atoms with Crippen molar-refractivity contribution in [3.63, 3.8) is 0 Å². The summed E-state index contributed by atoms with van der Waals surface area (Å²) in [5.41, 5.74) is 3.59. The van der Waals surface area contributed by atoms with Crippen LogP contribution >= 0.6 is 0 Å². The highest BCUT2D eigenvalue weighted by Gasteiger charge is 2.54. The zero-order chi connectivity index (χ0) is 14.8. The molecule has 20 heavy (non-hydrogen) atoms. The van der Waals surface area contributed by atoms with E-state index >= 15 is 0 Å². The Morgan fingerprint density at radius 3 is 2.45 bits per heavy atom. The second-order valence-corrected chi connectivity index (χ2v) is 11.6. The number of ether oxygens (including phenoxy) is 1. The van der Waals surface area contributed by atoms with Gasteiger partial charge in [-0.3, -0.25) is 4.79 Å². The molecule has 0 amide bonds. The molecule has 1 aliphatic carbocycles. The highest BCUT2D eigenvalue weighted by atomic mass is 28.3. The second kappa shape index (κ2) is 5.96. The van der Waals surface area contributed by atoms with Crippen molar-refractivity contribution in [1.29, 1.82) is 0 Å². The molecule has 1 fully saturated rings. The number of allylic oxidation sites excluding steroid dienone is 1. The van der Waals surface area contributed by atoms with Crippen LogP contribution in [0.2, 0.25) is 19.6 Å². The molecule has 0 heterocycles. The smallest absolute Gasteiger partial charge is 0.310 e. The number of benzene rings is 1. The Balaban J connectivity index is 2.16. The molecule has 1 aromatic carbocycles. The van der Waals surface area contributed by atoms with Crippen molar-refractivity contribution < 1.29 is 9.53 Å². The summed E-state index contributed by atoms with van der Waals surface area (Å²) >= 11 is 0. The van der Waals surface area contributed by atoms with Crippen LogP contribution in [0.15, 0.2) is 42.1 Å². The Hall–Kier alpha value is -1.35. The van der Waals surface area contributed by atoms with E-state index < -0.39 is 8.07 Å². The van der Waals surface area contributed by atoms with Gasteiger partial charge in [-0.15, -0.1) is 0 Å². The minimum Gasteiger partial charge on any atom is -0.466 e. The minimum absolute atomic E-state index is 0.00458. The van der Waals surface area contributed by atoms with Crippen molar-refractivity contribution in [1.82, 2.24) is 0 Å². The van der Waals surface area contributed by atoms with E-state index in [-0.39, 0.29) is 11.9 Å². The fourth-order valence-electron chi connectivity index (χ4n) is 2.62. The second-order valence-electron chi connectivity index (χ2n) is 6.52. The van der Waals surface area contributed by atoms with E-state index in [1.54, 1.807) is 0 Å². The largest absolute Gasteiger partial charge is 0.466 e. The van der Waals surface area contributed by atoms with Crippen LogP contribution in [0.5, 0.6) is 0 Å². The number of esters is 1. The SMILES string of the molecule is CCOC(=O)[C@H]1[C@@H](/C=C/[Si](C)(C)C)[C@@H]1c1ccccc1.